The van der Waals surface area contributed by atoms with Crippen molar-refractivity contribution in [1.29, 1.82) is 0 Å². The maximum absolute atomic E-state index is 14.5. The van der Waals surface area contributed by atoms with E-state index in [0.29, 0.717) is 44.7 Å². The molecule has 1 saturated heterocycles. The maximum atomic E-state index is 14.5. The number of carbonyl (C=O) groups excluding carboxylic acids is 1. The van der Waals surface area contributed by atoms with Crippen molar-refractivity contribution in [2.45, 2.75) is 205 Å². The molecule has 10 rings (SSSR count). The summed E-state index contributed by atoms with van der Waals surface area (Å²) in [7, 11) is 0. The van der Waals surface area contributed by atoms with Gasteiger partial charge in [0.25, 0.3) is 0 Å². The van der Waals surface area contributed by atoms with Crippen molar-refractivity contribution in [3.63, 3.8) is 0 Å². The summed E-state index contributed by atoms with van der Waals surface area (Å²) in [6.45, 7) is 4.23. The van der Waals surface area contributed by atoms with Gasteiger partial charge >= 0.3 is 0 Å². The lowest BCUT2D eigenvalue weighted by molar-refractivity contribution is -0.330. The Bertz CT molecular complexity index is 2640. The number of rotatable bonds is 37. The first kappa shape index (κ1) is 62.0. The minimum atomic E-state index is -0.997. The third kappa shape index (κ3) is 20.3. The standard InChI is InChI=1S/C73H93NO9/c1-2-65(77-50-59-31-17-10-18-32-59)68(78-51-60-33-19-11-20-34-60)64(74-67(75)41-27-7-5-3-4-6-8-28-45-73-46-42-57(43-47-73)44-48-73)55-82-72-71(81-54-63-39-25-14-26-40-63)70(80-53-62-37-23-13-24-38-62)69(79-52-61-35-21-12-22-36-61)66(83-72)56-76-49-58-29-15-9-16-30-58/h9-26,29-40,57,64-66,68-72H,2-8,27-28,41-56H2,1H3,(H,74,75)/t57?,64-,65+,66?,68-,69?,70?,71?,72?,73?/m0/s1. The molecule has 83 heavy (non-hydrogen) atoms. The van der Waals surface area contributed by atoms with E-state index in [1.807, 2.05) is 121 Å². The Morgan fingerprint density at radius 1 is 0.494 bits per heavy atom. The predicted octanol–water partition coefficient (Wildman–Crippen LogP) is 15.6. The first-order valence-corrected chi connectivity index (χ1v) is 31.4. The molecule has 4 fully saturated rings. The van der Waals surface area contributed by atoms with E-state index < -0.39 is 49.0 Å². The highest BCUT2D eigenvalue weighted by Gasteiger charge is 2.50. The molecule has 0 aromatic heterocycles. The summed E-state index contributed by atoms with van der Waals surface area (Å²) in [4.78, 5) is 14.5. The lowest BCUT2D eigenvalue weighted by Crippen LogP contribution is -2.62. The average molecular weight is 1130 g/mol. The molecule has 6 aromatic carbocycles. The van der Waals surface area contributed by atoms with Gasteiger partial charge in [0.05, 0.1) is 65.0 Å². The fraction of sp³-hybridized carbons (Fsp3) is 0.493. The van der Waals surface area contributed by atoms with Crippen LogP contribution in [0.15, 0.2) is 182 Å². The first-order valence-electron chi connectivity index (χ1n) is 31.4. The van der Waals surface area contributed by atoms with E-state index in [-0.39, 0.29) is 32.3 Å². The molecular formula is C73H93NO9. The van der Waals surface area contributed by atoms with E-state index in [0.717, 1.165) is 58.6 Å². The number of hydrogen-bond donors (Lipinski definition) is 1. The van der Waals surface area contributed by atoms with Crippen molar-refractivity contribution in [3.05, 3.63) is 215 Å². The quantitative estimate of drug-likeness (QED) is 0.0382. The Balaban J connectivity index is 0.952. The summed E-state index contributed by atoms with van der Waals surface area (Å²) in [6, 6.07) is 60.2. The third-order valence-electron chi connectivity index (χ3n) is 17.5. The van der Waals surface area contributed by atoms with Crippen molar-refractivity contribution in [2.75, 3.05) is 13.2 Å². The summed E-state index contributed by atoms with van der Waals surface area (Å²) >= 11 is 0. The van der Waals surface area contributed by atoms with Crippen molar-refractivity contribution < 1.29 is 42.7 Å². The van der Waals surface area contributed by atoms with Crippen LogP contribution in [-0.4, -0.2) is 68.1 Å². The Morgan fingerprint density at radius 3 is 1.41 bits per heavy atom. The Kier molecular flexibility index (Phi) is 25.7. The van der Waals surface area contributed by atoms with Crippen molar-refractivity contribution in [3.8, 4) is 0 Å². The van der Waals surface area contributed by atoms with Gasteiger partial charge in [-0.05, 0) is 103 Å². The van der Waals surface area contributed by atoms with Crippen LogP contribution in [0.3, 0.4) is 0 Å². The molecule has 6 aromatic rings. The zero-order valence-electron chi connectivity index (χ0n) is 49.4. The van der Waals surface area contributed by atoms with Gasteiger partial charge in [0.15, 0.2) is 6.29 Å². The van der Waals surface area contributed by atoms with Crippen molar-refractivity contribution in [2.24, 2.45) is 11.3 Å². The van der Waals surface area contributed by atoms with Crippen LogP contribution in [0.5, 0.6) is 0 Å². The van der Waals surface area contributed by atoms with Gasteiger partial charge in [-0.1, -0.05) is 234 Å². The van der Waals surface area contributed by atoms with Crippen LogP contribution in [0.25, 0.3) is 0 Å². The molecule has 8 atom stereocenters. The van der Waals surface area contributed by atoms with Crippen LogP contribution in [0.4, 0.5) is 0 Å². The second kappa shape index (κ2) is 34.4. The summed E-state index contributed by atoms with van der Waals surface area (Å²) < 4.78 is 55.8. The van der Waals surface area contributed by atoms with E-state index in [2.05, 4.69) is 72.9 Å². The van der Waals surface area contributed by atoms with Crippen molar-refractivity contribution in [1.82, 2.24) is 5.32 Å². The predicted molar refractivity (Wildman–Crippen MR) is 328 cm³/mol. The number of ether oxygens (including phenoxy) is 8. The highest BCUT2D eigenvalue weighted by Crippen LogP contribution is 2.53. The van der Waals surface area contributed by atoms with Crippen LogP contribution < -0.4 is 5.32 Å². The van der Waals surface area contributed by atoms with E-state index in [1.165, 1.54) is 77.0 Å². The number of nitrogens with one attached hydrogen (secondary N) is 1. The molecule has 10 nitrogen and oxygen atoms in total. The summed E-state index contributed by atoms with van der Waals surface area (Å²) in [5.74, 6) is 0.979. The normalized spacial score (nSPS) is 22.4. The molecule has 1 amide bonds. The van der Waals surface area contributed by atoms with Gasteiger partial charge in [0.2, 0.25) is 5.91 Å². The monoisotopic (exact) mass is 1130 g/mol. The van der Waals surface area contributed by atoms with Crippen LogP contribution in [0.2, 0.25) is 0 Å². The molecule has 1 aliphatic heterocycles. The summed E-state index contributed by atoms with van der Waals surface area (Å²) in [5.41, 5.74) is 6.79. The first-order chi connectivity index (χ1) is 41.0. The molecule has 3 saturated carbocycles. The molecule has 0 radical (unpaired) electrons. The van der Waals surface area contributed by atoms with Gasteiger partial charge in [0, 0.05) is 6.42 Å². The largest absolute Gasteiger partial charge is 0.374 e. The van der Waals surface area contributed by atoms with E-state index >= 15 is 0 Å². The van der Waals surface area contributed by atoms with E-state index in [9.17, 15) is 4.79 Å². The Hall–Kier alpha value is -5.53. The molecular weight excluding hydrogens is 1030 g/mol. The van der Waals surface area contributed by atoms with Crippen LogP contribution in [0.1, 0.15) is 149 Å². The maximum Gasteiger partial charge on any atom is 0.220 e. The number of carbonyl (C=O) groups is 1. The lowest BCUT2D eigenvalue weighted by Gasteiger charge is -2.47. The molecule has 5 unspecified atom stereocenters. The third-order valence-corrected chi connectivity index (χ3v) is 17.5. The molecule has 1 heterocycles. The number of unbranched alkanes of at least 4 members (excludes halogenated alkanes) is 7. The van der Waals surface area contributed by atoms with E-state index in [4.69, 9.17) is 37.9 Å². The SMILES string of the molecule is CC[C@@H](OCc1ccccc1)[C@@H](OCc1ccccc1)[C@H](COC1OC(COCc2ccccc2)C(OCc2ccccc2)C(OCc2ccccc2)C1OCc1ccccc1)NC(=O)CCCCCCCCCCC12CCC(CC1)CC2. The second-order valence-electron chi connectivity index (χ2n) is 23.6. The minimum Gasteiger partial charge on any atom is -0.374 e. The van der Waals surface area contributed by atoms with Crippen LogP contribution >= 0.6 is 0 Å². The molecule has 2 bridgehead atoms. The van der Waals surface area contributed by atoms with Gasteiger partial charge < -0.3 is 43.2 Å². The molecule has 444 valence electrons. The number of hydrogen-bond acceptors (Lipinski definition) is 9. The average Bonchev–Trinajstić information content (AvgIpc) is 3.74. The van der Waals surface area contributed by atoms with Crippen LogP contribution in [0, 0.1) is 11.3 Å². The summed E-state index contributed by atoms with van der Waals surface area (Å²) in [5, 5.41) is 3.46. The molecule has 0 spiro atoms. The highest BCUT2D eigenvalue weighted by atomic mass is 16.7. The van der Waals surface area contributed by atoms with Gasteiger partial charge in [-0.3, -0.25) is 4.79 Å². The van der Waals surface area contributed by atoms with Gasteiger partial charge in [-0.25, -0.2) is 0 Å². The zero-order valence-corrected chi connectivity index (χ0v) is 49.4. The smallest absolute Gasteiger partial charge is 0.220 e. The molecule has 4 aliphatic rings. The second-order valence-corrected chi connectivity index (χ2v) is 23.6. The number of benzene rings is 6. The van der Waals surface area contributed by atoms with E-state index in [1.54, 1.807) is 0 Å². The number of fused-ring (bicyclic) bond motifs is 3. The van der Waals surface area contributed by atoms with Crippen molar-refractivity contribution >= 4 is 5.91 Å². The lowest BCUT2D eigenvalue weighted by atomic mass is 9.59. The summed E-state index contributed by atoms with van der Waals surface area (Å²) in [6.07, 6.45) is 15.9. The van der Waals surface area contributed by atoms with Gasteiger partial charge in [-0.15, -0.1) is 0 Å². The number of amides is 1. The van der Waals surface area contributed by atoms with Gasteiger partial charge in [-0.2, -0.15) is 0 Å². The van der Waals surface area contributed by atoms with Gasteiger partial charge in [0.1, 0.15) is 30.5 Å². The highest BCUT2D eigenvalue weighted by molar-refractivity contribution is 5.76. The Labute approximate surface area is 496 Å². The minimum absolute atomic E-state index is 0.0203. The van der Waals surface area contributed by atoms with Crippen LogP contribution in [-0.2, 0) is 82.3 Å². The molecule has 3 aliphatic carbocycles. The topological polar surface area (TPSA) is 103 Å². The fourth-order valence-electron chi connectivity index (χ4n) is 12.6. The molecule has 1 N–H and O–H groups in total. The zero-order chi connectivity index (χ0) is 57.0. The Morgan fingerprint density at radius 2 is 0.916 bits per heavy atom. The molecule has 10 heteroatoms. The fourth-order valence-corrected chi connectivity index (χ4v) is 12.6.